The summed E-state index contributed by atoms with van der Waals surface area (Å²) in [4.78, 5) is 0. The molecule has 2 saturated carbocycles. The van der Waals surface area contributed by atoms with Gasteiger partial charge in [-0.1, -0.05) is 6.42 Å². The van der Waals surface area contributed by atoms with Gasteiger partial charge in [0.2, 0.25) is 0 Å². The Balaban J connectivity index is 1.33. The fourth-order valence-electron chi connectivity index (χ4n) is 2.61. The summed E-state index contributed by atoms with van der Waals surface area (Å²) in [5, 5.41) is 7.30. The van der Waals surface area contributed by atoms with Gasteiger partial charge < -0.3 is 10.6 Å². The molecule has 2 rings (SSSR count). The van der Waals surface area contributed by atoms with Crippen LogP contribution in [-0.4, -0.2) is 25.2 Å². The maximum atomic E-state index is 3.65. The van der Waals surface area contributed by atoms with Gasteiger partial charge in [0.25, 0.3) is 0 Å². The van der Waals surface area contributed by atoms with Crippen molar-refractivity contribution in [2.24, 2.45) is 11.8 Å². The minimum atomic E-state index is 0.767. The maximum Gasteiger partial charge on any atom is 0.00669 e. The fraction of sp³-hybridized carbons (Fsp3) is 1.00. The zero-order valence-electron chi connectivity index (χ0n) is 11.7. The van der Waals surface area contributed by atoms with Gasteiger partial charge in [0, 0.05) is 12.1 Å². The van der Waals surface area contributed by atoms with Crippen molar-refractivity contribution < 1.29 is 0 Å². The van der Waals surface area contributed by atoms with Crippen LogP contribution < -0.4 is 10.6 Å². The predicted octanol–water partition coefficient (Wildman–Crippen LogP) is 2.93. The third kappa shape index (κ3) is 5.39. The highest BCUT2D eigenvalue weighted by Gasteiger charge is 2.27. The highest BCUT2D eigenvalue weighted by molar-refractivity contribution is 4.83. The lowest BCUT2D eigenvalue weighted by Gasteiger charge is -2.13. The van der Waals surface area contributed by atoms with Crippen LogP contribution >= 0.6 is 0 Å². The molecule has 2 atom stereocenters. The summed E-state index contributed by atoms with van der Waals surface area (Å²) in [5.41, 5.74) is 0. The molecule has 2 unspecified atom stereocenters. The number of hydrogen-bond acceptors (Lipinski definition) is 2. The minimum absolute atomic E-state index is 0.767. The van der Waals surface area contributed by atoms with Crippen molar-refractivity contribution in [3.8, 4) is 0 Å². The van der Waals surface area contributed by atoms with Crippen LogP contribution in [0.4, 0.5) is 0 Å². The summed E-state index contributed by atoms with van der Waals surface area (Å²) in [6.07, 6.45) is 9.88. The van der Waals surface area contributed by atoms with Gasteiger partial charge in [-0.2, -0.15) is 0 Å². The van der Waals surface area contributed by atoms with Gasteiger partial charge >= 0.3 is 0 Å². The molecule has 2 aliphatic rings. The van der Waals surface area contributed by atoms with Gasteiger partial charge in [-0.05, 0) is 77.3 Å². The maximum absolute atomic E-state index is 3.65. The number of unbranched alkanes of at least 4 members (excludes halogenated alkanes) is 2. The van der Waals surface area contributed by atoms with Crippen LogP contribution in [-0.2, 0) is 0 Å². The Morgan fingerprint density at radius 3 is 1.53 bits per heavy atom. The van der Waals surface area contributed by atoms with E-state index < -0.39 is 0 Å². The second-order valence-electron chi connectivity index (χ2n) is 6.22. The quantitative estimate of drug-likeness (QED) is 0.572. The van der Waals surface area contributed by atoms with Crippen molar-refractivity contribution in [2.45, 2.75) is 70.9 Å². The second kappa shape index (κ2) is 6.75. The average molecular weight is 238 g/mol. The first kappa shape index (κ1) is 13.4. The molecule has 0 aromatic rings. The average Bonchev–Trinajstić information content (AvgIpc) is 3.20. The Hall–Kier alpha value is -0.0800. The SMILES string of the molecule is CC(NCCCCCNC(C)C1CC1)C1CC1. The zero-order valence-corrected chi connectivity index (χ0v) is 11.7. The molecular weight excluding hydrogens is 208 g/mol. The molecule has 0 aromatic heterocycles. The molecule has 0 bridgehead atoms. The van der Waals surface area contributed by atoms with Crippen LogP contribution in [0.2, 0.25) is 0 Å². The molecule has 0 amide bonds. The van der Waals surface area contributed by atoms with E-state index in [0.717, 1.165) is 23.9 Å². The summed E-state index contributed by atoms with van der Waals surface area (Å²) in [6.45, 7) is 7.12. The highest BCUT2D eigenvalue weighted by Crippen LogP contribution is 2.32. The van der Waals surface area contributed by atoms with Gasteiger partial charge in [0.05, 0.1) is 0 Å². The largest absolute Gasteiger partial charge is 0.314 e. The van der Waals surface area contributed by atoms with Gasteiger partial charge in [0.15, 0.2) is 0 Å². The third-order valence-electron chi connectivity index (χ3n) is 4.44. The normalized spacial score (nSPS) is 23.6. The Morgan fingerprint density at radius 1 is 0.765 bits per heavy atom. The van der Waals surface area contributed by atoms with Gasteiger partial charge in [-0.3, -0.25) is 0 Å². The van der Waals surface area contributed by atoms with Crippen LogP contribution in [0.1, 0.15) is 58.8 Å². The molecular formula is C15H30N2. The molecule has 2 N–H and O–H groups in total. The lowest BCUT2D eigenvalue weighted by molar-refractivity contribution is 0.460. The van der Waals surface area contributed by atoms with Crippen molar-refractivity contribution in [2.75, 3.05) is 13.1 Å². The van der Waals surface area contributed by atoms with Crippen molar-refractivity contribution >= 4 is 0 Å². The van der Waals surface area contributed by atoms with E-state index in [0.29, 0.717) is 0 Å². The van der Waals surface area contributed by atoms with Crippen LogP contribution in [0, 0.1) is 11.8 Å². The van der Waals surface area contributed by atoms with E-state index in [2.05, 4.69) is 24.5 Å². The third-order valence-corrected chi connectivity index (χ3v) is 4.44. The molecule has 0 heterocycles. The Kier molecular flexibility index (Phi) is 5.30. The molecule has 2 aliphatic carbocycles. The number of nitrogens with one attached hydrogen (secondary N) is 2. The van der Waals surface area contributed by atoms with E-state index in [9.17, 15) is 0 Å². The summed E-state index contributed by atoms with van der Waals surface area (Å²) >= 11 is 0. The van der Waals surface area contributed by atoms with Gasteiger partial charge in [-0.25, -0.2) is 0 Å². The van der Waals surface area contributed by atoms with Crippen LogP contribution in [0.3, 0.4) is 0 Å². The van der Waals surface area contributed by atoms with E-state index in [1.807, 2.05) is 0 Å². The van der Waals surface area contributed by atoms with E-state index >= 15 is 0 Å². The van der Waals surface area contributed by atoms with Crippen LogP contribution in [0.15, 0.2) is 0 Å². The molecule has 2 nitrogen and oxygen atoms in total. The zero-order chi connectivity index (χ0) is 12.1. The number of rotatable bonds is 10. The first-order valence-electron chi connectivity index (χ1n) is 7.74. The molecule has 2 fully saturated rings. The molecule has 0 aromatic carbocycles. The number of hydrogen-bond donors (Lipinski definition) is 2. The lowest BCUT2D eigenvalue weighted by atomic mass is 10.2. The monoisotopic (exact) mass is 238 g/mol. The molecule has 0 saturated heterocycles. The highest BCUT2D eigenvalue weighted by atomic mass is 14.9. The smallest absolute Gasteiger partial charge is 0.00669 e. The Morgan fingerprint density at radius 2 is 1.18 bits per heavy atom. The molecule has 0 spiro atoms. The predicted molar refractivity (Wildman–Crippen MR) is 74.2 cm³/mol. The first-order valence-corrected chi connectivity index (χ1v) is 7.74. The van der Waals surface area contributed by atoms with Gasteiger partial charge in [0.1, 0.15) is 0 Å². The van der Waals surface area contributed by atoms with Crippen LogP contribution in [0.25, 0.3) is 0 Å². The minimum Gasteiger partial charge on any atom is -0.314 e. The van der Waals surface area contributed by atoms with E-state index in [1.165, 1.54) is 58.0 Å². The summed E-state index contributed by atoms with van der Waals surface area (Å²) in [7, 11) is 0. The summed E-state index contributed by atoms with van der Waals surface area (Å²) in [6, 6.07) is 1.53. The molecule has 0 radical (unpaired) electrons. The lowest BCUT2D eigenvalue weighted by Crippen LogP contribution is -2.30. The summed E-state index contributed by atoms with van der Waals surface area (Å²) in [5.74, 6) is 1.99. The van der Waals surface area contributed by atoms with E-state index in [4.69, 9.17) is 0 Å². The van der Waals surface area contributed by atoms with Gasteiger partial charge in [-0.15, -0.1) is 0 Å². The fourth-order valence-corrected chi connectivity index (χ4v) is 2.61. The standard InChI is InChI=1S/C15H30N2/c1-12(14-6-7-14)16-10-4-3-5-11-17-13(2)15-8-9-15/h12-17H,3-11H2,1-2H3. The molecule has 100 valence electrons. The van der Waals surface area contributed by atoms with E-state index in [-0.39, 0.29) is 0 Å². The second-order valence-corrected chi connectivity index (χ2v) is 6.22. The molecule has 2 heteroatoms. The molecule has 17 heavy (non-hydrogen) atoms. The van der Waals surface area contributed by atoms with E-state index in [1.54, 1.807) is 0 Å². The van der Waals surface area contributed by atoms with Crippen molar-refractivity contribution in [1.29, 1.82) is 0 Å². The molecule has 0 aliphatic heterocycles. The summed E-state index contributed by atoms with van der Waals surface area (Å²) < 4.78 is 0. The van der Waals surface area contributed by atoms with Crippen molar-refractivity contribution in [3.63, 3.8) is 0 Å². The first-order chi connectivity index (χ1) is 8.27. The Bertz CT molecular complexity index is 187. The van der Waals surface area contributed by atoms with Crippen molar-refractivity contribution in [3.05, 3.63) is 0 Å². The Labute approximate surface area is 107 Å². The van der Waals surface area contributed by atoms with Crippen LogP contribution in [0.5, 0.6) is 0 Å². The topological polar surface area (TPSA) is 24.1 Å². The van der Waals surface area contributed by atoms with Crippen molar-refractivity contribution in [1.82, 2.24) is 10.6 Å².